The fraction of sp³-hybridized carbons (Fsp3) is 0.154. The molecule has 0 fully saturated rings. The Balaban J connectivity index is 2.18. The summed E-state index contributed by atoms with van der Waals surface area (Å²) in [6.45, 7) is 2.21. The van der Waals surface area contributed by atoms with Gasteiger partial charge in [-0.05, 0) is 40.5 Å². The van der Waals surface area contributed by atoms with Crippen LogP contribution in [0.3, 0.4) is 0 Å². The smallest absolute Gasteiger partial charge is 0.291 e. The minimum absolute atomic E-state index is 0.00909. The van der Waals surface area contributed by atoms with Crippen molar-refractivity contribution >= 4 is 39.0 Å². The normalized spacial score (nSPS) is 10.3. The summed E-state index contributed by atoms with van der Waals surface area (Å²) in [5.41, 5.74) is 1.53. The Morgan fingerprint density at radius 2 is 2.25 bits per heavy atom. The summed E-state index contributed by atoms with van der Waals surface area (Å²) in [6.07, 6.45) is 1.25. The Morgan fingerprint density at radius 1 is 1.50 bits per heavy atom. The van der Waals surface area contributed by atoms with Crippen molar-refractivity contribution in [3.63, 3.8) is 0 Å². The zero-order valence-electron chi connectivity index (χ0n) is 10.6. The summed E-state index contributed by atoms with van der Waals surface area (Å²) >= 11 is 9.24. The lowest BCUT2D eigenvalue weighted by atomic mass is 10.2. The topological polar surface area (TPSA) is 68.1 Å². The number of benzene rings is 1. The van der Waals surface area contributed by atoms with Crippen molar-refractivity contribution in [2.24, 2.45) is 0 Å². The van der Waals surface area contributed by atoms with E-state index in [0.29, 0.717) is 27.4 Å². The van der Waals surface area contributed by atoms with E-state index in [0.717, 1.165) is 5.56 Å². The van der Waals surface area contributed by atoms with Gasteiger partial charge in [0.15, 0.2) is 0 Å². The number of hydrogen-bond acceptors (Lipinski definition) is 4. The predicted octanol–water partition coefficient (Wildman–Crippen LogP) is 4.33. The summed E-state index contributed by atoms with van der Waals surface area (Å²) in [4.78, 5) is 14.4. The summed E-state index contributed by atoms with van der Waals surface area (Å²) in [6, 6.07) is 7.45. The molecule has 0 radical (unpaired) electrons. The molecule has 0 aliphatic rings. The van der Waals surface area contributed by atoms with Gasteiger partial charge in [0, 0.05) is 17.1 Å². The first kappa shape index (κ1) is 14.7. The van der Waals surface area contributed by atoms with E-state index in [4.69, 9.17) is 11.6 Å². The molecule has 1 aromatic heterocycles. The third-order valence-corrected chi connectivity index (χ3v) is 3.99. The second-order valence-corrected chi connectivity index (χ2v) is 5.40. The maximum atomic E-state index is 10.8. The molecule has 20 heavy (non-hydrogen) atoms. The van der Waals surface area contributed by atoms with Gasteiger partial charge in [-0.1, -0.05) is 23.7 Å². The number of nitrogens with zero attached hydrogens (tertiary/aromatic N) is 2. The van der Waals surface area contributed by atoms with Crippen LogP contribution >= 0.6 is 27.5 Å². The molecule has 1 heterocycles. The molecule has 0 spiro atoms. The summed E-state index contributed by atoms with van der Waals surface area (Å²) in [5.74, 6) is 0.563. The number of aromatic nitrogens is 1. The van der Waals surface area contributed by atoms with Crippen LogP contribution in [-0.2, 0) is 6.54 Å². The average molecular weight is 357 g/mol. The molecule has 2 rings (SSSR count). The van der Waals surface area contributed by atoms with Gasteiger partial charge in [0.05, 0.1) is 9.40 Å². The lowest BCUT2D eigenvalue weighted by molar-refractivity contribution is -0.385. The van der Waals surface area contributed by atoms with Gasteiger partial charge >= 0.3 is 0 Å². The molecule has 104 valence electrons. The third-order valence-electron chi connectivity index (χ3n) is 2.78. The molecule has 0 aliphatic carbocycles. The van der Waals surface area contributed by atoms with E-state index < -0.39 is 4.92 Å². The number of nitrogens with one attached hydrogen (secondary N) is 1. The Labute approximate surface area is 129 Å². The first-order valence-corrected chi connectivity index (χ1v) is 6.94. The fourth-order valence-electron chi connectivity index (χ4n) is 1.71. The number of rotatable bonds is 4. The van der Waals surface area contributed by atoms with Crippen LogP contribution in [0.1, 0.15) is 11.1 Å². The van der Waals surface area contributed by atoms with Gasteiger partial charge in [-0.15, -0.1) is 0 Å². The van der Waals surface area contributed by atoms with Gasteiger partial charge in [0.25, 0.3) is 5.69 Å². The predicted molar refractivity (Wildman–Crippen MR) is 82.1 cm³/mol. The van der Waals surface area contributed by atoms with Crippen molar-refractivity contribution in [2.45, 2.75) is 13.5 Å². The van der Waals surface area contributed by atoms with E-state index in [1.807, 2.05) is 18.2 Å². The third kappa shape index (κ3) is 3.26. The van der Waals surface area contributed by atoms with Gasteiger partial charge in [-0.25, -0.2) is 4.98 Å². The van der Waals surface area contributed by atoms with Crippen molar-refractivity contribution < 1.29 is 4.92 Å². The zero-order chi connectivity index (χ0) is 14.7. The summed E-state index contributed by atoms with van der Waals surface area (Å²) in [7, 11) is 0. The highest BCUT2D eigenvalue weighted by Gasteiger charge is 2.16. The van der Waals surface area contributed by atoms with Gasteiger partial charge < -0.3 is 5.32 Å². The summed E-state index contributed by atoms with van der Waals surface area (Å²) in [5, 5.41) is 14.6. The van der Waals surface area contributed by atoms with Crippen LogP contribution in [0.2, 0.25) is 5.02 Å². The Hall–Kier alpha value is -1.66. The Morgan fingerprint density at radius 3 is 2.90 bits per heavy atom. The lowest BCUT2D eigenvalue weighted by Crippen LogP contribution is -2.04. The first-order chi connectivity index (χ1) is 9.49. The molecular weight excluding hydrogens is 346 g/mol. The first-order valence-electron chi connectivity index (χ1n) is 5.77. The van der Waals surface area contributed by atoms with Gasteiger partial charge in [0.1, 0.15) is 12.0 Å². The monoisotopic (exact) mass is 355 g/mol. The highest BCUT2D eigenvalue weighted by atomic mass is 79.9. The number of halogens is 2. The van der Waals surface area contributed by atoms with Crippen molar-refractivity contribution in [1.82, 2.24) is 4.98 Å². The van der Waals surface area contributed by atoms with Crippen molar-refractivity contribution in [3.8, 4) is 0 Å². The van der Waals surface area contributed by atoms with E-state index >= 15 is 0 Å². The van der Waals surface area contributed by atoms with Crippen LogP contribution in [-0.4, -0.2) is 9.91 Å². The maximum Gasteiger partial charge on any atom is 0.291 e. The molecule has 0 unspecified atom stereocenters. The number of hydrogen-bond donors (Lipinski definition) is 1. The molecule has 0 saturated heterocycles. The standard InChI is InChI=1S/C13H11BrClN3O2/c1-8-11(18(19)20)7-17-13(12(8)14)16-6-9-3-2-4-10(15)5-9/h2-5,7H,6H2,1H3,(H,16,17). The van der Waals surface area contributed by atoms with E-state index in [-0.39, 0.29) is 5.69 Å². The van der Waals surface area contributed by atoms with Gasteiger partial charge in [0.2, 0.25) is 0 Å². The molecule has 1 N–H and O–H groups in total. The number of nitro groups is 1. The van der Waals surface area contributed by atoms with Crippen LogP contribution in [0.5, 0.6) is 0 Å². The average Bonchev–Trinajstić information content (AvgIpc) is 2.40. The van der Waals surface area contributed by atoms with Crippen molar-refractivity contribution in [2.75, 3.05) is 5.32 Å². The highest BCUT2D eigenvalue weighted by Crippen LogP contribution is 2.30. The molecule has 0 aliphatic heterocycles. The van der Waals surface area contributed by atoms with E-state index in [2.05, 4.69) is 26.2 Å². The van der Waals surface area contributed by atoms with Gasteiger partial charge in [-0.2, -0.15) is 0 Å². The molecule has 0 atom stereocenters. The minimum Gasteiger partial charge on any atom is -0.365 e. The minimum atomic E-state index is -0.451. The molecule has 0 amide bonds. The molecular formula is C13H11BrClN3O2. The van der Waals surface area contributed by atoms with Crippen molar-refractivity contribution in [1.29, 1.82) is 0 Å². The van der Waals surface area contributed by atoms with Crippen LogP contribution < -0.4 is 5.32 Å². The zero-order valence-corrected chi connectivity index (χ0v) is 12.9. The van der Waals surface area contributed by atoms with Crippen LogP contribution in [0.15, 0.2) is 34.9 Å². The molecule has 1 aromatic carbocycles. The molecule has 2 aromatic rings. The van der Waals surface area contributed by atoms with Gasteiger partial charge in [-0.3, -0.25) is 10.1 Å². The van der Waals surface area contributed by atoms with E-state index in [9.17, 15) is 10.1 Å². The molecule has 7 heteroatoms. The lowest BCUT2D eigenvalue weighted by Gasteiger charge is -2.09. The van der Waals surface area contributed by atoms with Crippen molar-refractivity contribution in [3.05, 3.63) is 61.2 Å². The SMILES string of the molecule is Cc1c([N+](=O)[O-])cnc(NCc2cccc(Cl)c2)c1Br. The summed E-state index contributed by atoms with van der Waals surface area (Å²) < 4.78 is 0.591. The largest absolute Gasteiger partial charge is 0.365 e. The maximum absolute atomic E-state index is 10.8. The van der Waals surface area contributed by atoms with Crippen LogP contribution in [0.25, 0.3) is 0 Å². The second kappa shape index (κ2) is 6.19. The van der Waals surface area contributed by atoms with E-state index in [1.54, 1.807) is 13.0 Å². The Kier molecular flexibility index (Phi) is 4.57. The molecule has 0 saturated carbocycles. The molecule has 0 bridgehead atoms. The second-order valence-electron chi connectivity index (χ2n) is 4.17. The highest BCUT2D eigenvalue weighted by molar-refractivity contribution is 9.10. The van der Waals surface area contributed by atoms with Crippen LogP contribution in [0.4, 0.5) is 11.5 Å². The number of pyridine rings is 1. The fourth-order valence-corrected chi connectivity index (χ4v) is 2.37. The quantitative estimate of drug-likeness (QED) is 0.654. The van der Waals surface area contributed by atoms with E-state index in [1.165, 1.54) is 6.20 Å². The Bertz CT molecular complexity index is 664. The van der Waals surface area contributed by atoms with Crippen LogP contribution in [0, 0.1) is 17.0 Å². The molecule has 5 nitrogen and oxygen atoms in total. The number of anilines is 1.